The second-order valence-corrected chi connectivity index (χ2v) is 6.97. The molecule has 0 spiro atoms. The summed E-state index contributed by atoms with van der Waals surface area (Å²) < 4.78 is 0. The van der Waals surface area contributed by atoms with Gasteiger partial charge in [0.05, 0.1) is 12.7 Å². The maximum absolute atomic E-state index is 5.55. The molecule has 0 bridgehead atoms. The van der Waals surface area contributed by atoms with Gasteiger partial charge < -0.3 is 0 Å². The van der Waals surface area contributed by atoms with E-state index in [9.17, 15) is 0 Å². The first-order valence-electron chi connectivity index (χ1n) is 9.99. The van der Waals surface area contributed by atoms with Crippen LogP contribution in [0, 0.1) is 11.8 Å². The molecule has 2 heteroatoms. The third kappa shape index (κ3) is 7.17. The molecule has 1 aliphatic rings. The van der Waals surface area contributed by atoms with E-state index in [4.69, 9.17) is 9.78 Å². The van der Waals surface area contributed by atoms with Crippen molar-refractivity contribution in [2.24, 2.45) is 11.8 Å². The summed E-state index contributed by atoms with van der Waals surface area (Å²) in [7, 11) is 0. The topological polar surface area (TPSA) is 18.5 Å². The van der Waals surface area contributed by atoms with Crippen molar-refractivity contribution in [1.82, 2.24) is 0 Å². The van der Waals surface area contributed by atoms with Gasteiger partial charge in [0.25, 0.3) is 0 Å². The van der Waals surface area contributed by atoms with Crippen LogP contribution in [0.15, 0.2) is 54.6 Å². The van der Waals surface area contributed by atoms with Gasteiger partial charge in [-0.25, -0.2) is 9.78 Å². The maximum atomic E-state index is 5.55. The zero-order chi connectivity index (χ0) is 17.7. The smallest absolute Gasteiger partial charge is 0.0993 e. The lowest BCUT2D eigenvalue weighted by Crippen LogP contribution is -2.36. The Morgan fingerprint density at radius 2 is 1.88 bits per heavy atom. The quantitative estimate of drug-likeness (QED) is 0.283. The Bertz CT molecular complexity index is 506. The van der Waals surface area contributed by atoms with Crippen molar-refractivity contribution in [3.05, 3.63) is 60.2 Å². The van der Waals surface area contributed by atoms with Crippen molar-refractivity contribution in [1.29, 1.82) is 0 Å². The van der Waals surface area contributed by atoms with E-state index in [0.717, 1.165) is 25.7 Å². The highest BCUT2D eigenvalue weighted by Crippen LogP contribution is 2.31. The summed E-state index contributed by atoms with van der Waals surface area (Å²) in [6, 6.07) is 10.7. The molecule has 0 amide bonds. The van der Waals surface area contributed by atoms with Crippen LogP contribution >= 0.6 is 0 Å². The number of hydrogen-bond acceptors (Lipinski definition) is 2. The molecule has 3 atom stereocenters. The van der Waals surface area contributed by atoms with E-state index in [1.807, 2.05) is 0 Å². The molecule has 25 heavy (non-hydrogen) atoms. The average molecular weight is 343 g/mol. The summed E-state index contributed by atoms with van der Waals surface area (Å²) in [6.45, 7) is 5.10. The monoisotopic (exact) mass is 342 g/mol. The van der Waals surface area contributed by atoms with Crippen molar-refractivity contribution in [3.63, 3.8) is 0 Å². The minimum atomic E-state index is 0.184. The molecule has 1 saturated heterocycles. The molecule has 1 aliphatic heterocycles. The zero-order valence-electron chi connectivity index (χ0n) is 15.9. The van der Waals surface area contributed by atoms with Crippen LogP contribution in [0.3, 0.4) is 0 Å². The van der Waals surface area contributed by atoms with E-state index in [2.05, 4.69) is 68.5 Å². The summed E-state index contributed by atoms with van der Waals surface area (Å²) in [5.74, 6) is 0.985. The van der Waals surface area contributed by atoms with E-state index in [0.29, 0.717) is 18.4 Å². The largest absolute Gasteiger partial charge is 0.236 e. The van der Waals surface area contributed by atoms with Crippen molar-refractivity contribution in [2.75, 3.05) is 6.61 Å². The Morgan fingerprint density at radius 3 is 2.64 bits per heavy atom. The fraction of sp³-hybridized carbons (Fsp3) is 0.565. The van der Waals surface area contributed by atoms with Crippen LogP contribution in [0.2, 0.25) is 0 Å². The van der Waals surface area contributed by atoms with Gasteiger partial charge in [-0.05, 0) is 50.0 Å². The molecular weight excluding hydrogens is 308 g/mol. The fourth-order valence-electron chi connectivity index (χ4n) is 3.42. The molecule has 2 nitrogen and oxygen atoms in total. The number of hydrogen-bond donors (Lipinski definition) is 0. The highest BCUT2D eigenvalue weighted by Gasteiger charge is 2.31. The van der Waals surface area contributed by atoms with Crippen molar-refractivity contribution < 1.29 is 9.78 Å². The minimum Gasteiger partial charge on any atom is -0.236 e. The van der Waals surface area contributed by atoms with Crippen LogP contribution < -0.4 is 0 Å². The summed E-state index contributed by atoms with van der Waals surface area (Å²) >= 11 is 0. The van der Waals surface area contributed by atoms with Crippen molar-refractivity contribution >= 4 is 0 Å². The molecule has 1 unspecified atom stereocenters. The lowest BCUT2D eigenvalue weighted by Gasteiger charge is -2.34. The van der Waals surface area contributed by atoms with Gasteiger partial charge in [0.2, 0.25) is 0 Å². The van der Waals surface area contributed by atoms with Gasteiger partial charge in [-0.15, -0.1) is 0 Å². The molecule has 1 heterocycles. The maximum Gasteiger partial charge on any atom is 0.0993 e. The second kappa shape index (κ2) is 12.1. The van der Waals surface area contributed by atoms with Gasteiger partial charge >= 0.3 is 0 Å². The number of benzene rings is 1. The van der Waals surface area contributed by atoms with Crippen LogP contribution in [0.25, 0.3) is 0 Å². The standard InChI is InChI=1S/C23H34O2/c1-3-5-6-12-17-21-19-24-25-23(4-2)22(21)18-13-8-11-16-20-14-9-7-10-15-20/h6-7,9-10,12-15,18,21-23H,3-5,8,11,16-17,19H2,1-2H3/b12-6-,18-13+/t21-,22?,23+/m0/s1. The van der Waals surface area contributed by atoms with Gasteiger partial charge in [-0.1, -0.05) is 74.9 Å². The van der Waals surface area contributed by atoms with Crippen LogP contribution in [0.5, 0.6) is 0 Å². The Labute approximate surface area is 153 Å². The molecule has 2 rings (SSSR count). The highest BCUT2D eigenvalue weighted by atomic mass is 17.2. The Morgan fingerprint density at radius 1 is 1.04 bits per heavy atom. The van der Waals surface area contributed by atoms with Gasteiger partial charge in [-0.2, -0.15) is 0 Å². The predicted octanol–water partition coefficient (Wildman–Crippen LogP) is 6.28. The molecule has 1 fully saturated rings. The van der Waals surface area contributed by atoms with E-state index in [-0.39, 0.29) is 6.10 Å². The van der Waals surface area contributed by atoms with Gasteiger partial charge in [0.15, 0.2) is 0 Å². The lowest BCUT2D eigenvalue weighted by atomic mass is 9.83. The van der Waals surface area contributed by atoms with E-state index >= 15 is 0 Å². The van der Waals surface area contributed by atoms with Crippen LogP contribution in [-0.2, 0) is 16.2 Å². The first-order chi connectivity index (χ1) is 12.3. The molecule has 1 aromatic carbocycles. The summed E-state index contributed by atoms with van der Waals surface area (Å²) in [5.41, 5.74) is 1.43. The molecule has 138 valence electrons. The first-order valence-corrected chi connectivity index (χ1v) is 9.99. The summed E-state index contributed by atoms with van der Waals surface area (Å²) in [6.07, 6.45) is 17.5. The van der Waals surface area contributed by atoms with E-state index in [1.165, 1.54) is 24.8 Å². The van der Waals surface area contributed by atoms with Crippen LogP contribution in [0.1, 0.15) is 57.9 Å². The second-order valence-electron chi connectivity index (χ2n) is 6.97. The van der Waals surface area contributed by atoms with Gasteiger partial charge in [0.1, 0.15) is 0 Å². The Hall–Kier alpha value is -1.38. The zero-order valence-corrected chi connectivity index (χ0v) is 15.9. The van der Waals surface area contributed by atoms with Crippen molar-refractivity contribution in [3.8, 4) is 0 Å². The number of unbranched alkanes of at least 4 members (excludes halogenated alkanes) is 2. The van der Waals surface area contributed by atoms with Crippen molar-refractivity contribution in [2.45, 2.75) is 64.9 Å². The summed E-state index contributed by atoms with van der Waals surface area (Å²) in [4.78, 5) is 10.9. The van der Waals surface area contributed by atoms with E-state index < -0.39 is 0 Å². The molecular formula is C23H34O2. The Kier molecular flexibility index (Phi) is 9.61. The predicted molar refractivity (Wildman–Crippen MR) is 105 cm³/mol. The fourth-order valence-corrected chi connectivity index (χ4v) is 3.42. The van der Waals surface area contributed by atoms with Gasteiger partial charge in [0, 0.05) is 5.92 Å². The first kappa shape index (κ1) is 19.9. The third-order valence-corrected chi connectivity index (χ3v) is 4.95. The number of aryl methyl sites for hydroxylation is 1. The molecule has 0 aliphatic carbocycles. The molecule has 0 N–H and O–H groups in total. The van der Waals surface area contributed by atoms with Crippen LogP contribution in [-0.4, -0.2) is 12.7 Å². The Balaban J connectivity index is 1.82. The molecule has 0 radical (unpaired) electrons. The molecule has 0 aromatic heterocycles. The normalized spacial score (nSPS) is 24.3. The average Bonchev–Trinajstić information content (AvgIpc) is 2.66. The molecule has 1 aromatic rings. The number of allylic oxidation sites excluding steroid dienone is 3. The highest BCUT2D eigenvalue weighted by molar-refractivity contribution is 5.14. The minimum absolute atomic E-state index is 0.184. The summed E-state index contributed by atoms with van der Waals surface area (Å²) in [5, 5.41) is 0. The number of rotatable bonds is 10. The molecule has 0 saturated carbocycles. The lowest BCUT2D eigenvalue weighted by molar-refractivity contribution is -0.366. The third-order valence-electron chi connectivity index (χ3n) is 4.95. The van der Waals surface area contributed by atoms with E-state index in [1.54, 1.807) is 0 Å². The van der Waals surface area contributed by atoms with Crippen LogP contribution in [0.4, 0.5) is 0 Å². The van der Waals surface area contributed by atoms with Gasteiger partial charge in [-0.3, -0.25) is 0 Å². The SMILES string of the molecule is CCC/C=C\C[C@H]1COO[C@H](CC)C1/C=C/CCCc1ccccc1.